The second-order valence-corrected chi connectivity index (χ2v) is 4.17. The molecule has 96 valence electrons. The average molecular weight is 283 g/mol. The summed E-state index contributed by atoms with van der Waals surface area (Å²) in [4.78, 5) is 3.36. The molecule has 0 aliphatic heterocycles. The zero-order valence-corrected chi connectivity index (χ0v) is 10.1. The number of hydrogen-bond donors (Lipinski definition) is 0. The highest BCUT2D eigenvalue weighted by Gasteiger charge is 2.32. The van der Waals surface area contributed by atoms with E-state index in [1.807, 2.05) is 6.07 Å². The van der Waals surface area contributed by atoms with Gasteiger partial charge in [0.15, 0.2) is 0 Å². The van der Waals surface area contributed by atoms with Gasteiger partial charge in [0.1, 0.15) is 5.69 Å². The van der Waals surface area contributed by atoms with Gasteiger partial charge in [0.2, 0.25) is 0 Å². The molecule has 0 fully saturated rings. The average Bonchev–Trinajstić information content (AvgIpc) is 2.37. The topological polar surface area (TPSA) is 36.7 Å². The van der Waals surface area contributed by atoms with E-state index >= 15 is 0 Å². The highest BCUT2D eigenvalue weighted by molar-refractivity contribution is 6.30. The van der Waals surface area contributed by atoms with Gasteiger partial charge < -0.3 is 0 Å². The third-order valence-corrected chi connectivity index (χ3v) is 2.70. The van der Waals surface area contributed by atoms with Crippen molar-refractivity contribution in [3.8, 4) is 17.2 Å². The van der Waals surface area contributed by atoms with Crippen LogP contribution in [0.15, 0.2) is 36.5 Å². The van der Waals surface area contributed by atoms with Gasteiger partial charge in [-0.3, -0.25) is 4.98 Å². The highest BCUT2D eigenvalue weighted by atomic mass is 35.5. The Labute approximate surface area is 112 Å². The van der Waals surface area contributed by atoms with E-state index in [0.29, 0.717) is 16.1 Å². The maximum atomic E-state index is 12.4. The van der Waals surface area contributed by atoms with Crippen LogP contribution in [0.25, 0.3) is 11.1 Å². The molecule has 2 rings (SSSR count). The lowest BCUT2D eigenvalue weighted by molar-refractivity contribution is -0.141. The van der Waals surface area contributed by atoms with Crippen LogP contribution in [0.2, 0.25) is 5.02 Å². The number of halogens is 4. The van der Waals surface area contributed by atoms with E-state index in [2.05, 4.69) is 4.98 Å². The fourth-order valence-electron chi connectivity index (χ4n) is 1.58. The zero-order valence-electron chi connectivity index (χ0n) is 9.37. The smallest absolute Gasteiger partial charge is 0.251 e. The molecular weight excluding hydrogens is 277 g/mol. The summed E-state index contributed by atoms with van der Waals surface area (Å²) in [6.07, 6.45) is -3.39. The van der Waals surface area contributed by atoms with E-state index in [4.69, 9.17) is 16.9 Å². The van der Waals surface area contributed by atoms with Crippen LogP contribution < -0.4 is 0 Å². The number of benzene rings is 1. The summed E-state index contributed by atoms with van der Waals surface area (Å²) in [6, 6.07) is 8.70. The summed E-state index contributed by atoms with van der Waals surface area (Å²) in [6.45, 7) is 0. The molecule has 0 saturated heterocycles. The summed E-state index contributed by atoms with van der Waals surface area (Å²) >= 11 is 5.75. The first-order valence-corrected chi connectivity index (χ1v) is 5.53. The Morgan fingerprint density at radius 2 is 1.89 bits per heavy atom. The van der Waals surface area contributed by atoms with E-state index in [9.17, 15) is 13.2 Å². The molecule has 0 saturated carbocycles. The first-order chi connectivity index (χ1) is 8.91. The summed E-state index contributed by atoms with van der Waals surface area (Å²) < 4.78 is 37.2. The van der Waals surface area contributed by atoms with Crippen LogP contribution in [0.5, 0.6) is 0 Å². The molecule has 0 radical (unpaired) electrons. The predicted molar refractivity (Wildman–Crippen MR) is 64.4 cm³/mol. The molecule has 0 unspecified atom stereocenters. The second-order valence-electron chi connectivity index (χ2n) is 3.73. The minimum Gasteiger partial charge on any atom is -0.251 e. The SMILES string of the molecule is N#Cc1cc(Cl)ccc1-c1ccc(C(F)(F)F)nc1. The largest absolute Gasteiger partial charge is 0.433 e. The van der Waals surface area contributed by atoms with Gasteiger partial charge in [-0.15, -0.1) is 0 Å². The van der Waals surface area contributed by atoms with Crippen LogP contribution in [0, 0.1) is 11.3 Å². The van der Waals surface area contributed by atoms with Gasteiger partial charge in [-0.1, -0.05) is 23.7 Å². The fourth-order valence-corrected chi connectivity index (χ4v) is 1.75. The van der Waals surface area contributed by atoms with Crippen molar-refractivity contribution in [2.75, 3.05) is 0 Å². The lowest BCUT2D eigenvalue weighted by atomic mass is 10.0. The van der Waals surface area contributed by atoms with Crippen molar-refractivity contribution in [1.82, 2.24) is 4.98 Å². The monoisotopic (exact) mass is 282 g/mol. The standard InChI is InChI=1S/C13H6ClF3N2/c14-10-2-3-11(9(5-10)6-18)8-1-4-12(19-7-8)13(15,16)17/h1-5,7H. The van der Waals surface area contributed by atoms with Crippen molar-refractivity contribution in [3.63, 3.8) is 0 Å². The number of rotatable bonds is 1. The van der Waals surface area contributed by atoms with Crippen molar-refractivity contribution in [2.45, 2.75) is 6.18 Å². The fraction of sp³-hybridized carbons (Fsp3) is 0.0769. The molecule has 1 heterocycles. The predicted octanol–water partition coefficient (Wildman–Crippen LogP) is 4.29. The molecule has 0 bridgehead atoms. The molecule has 0 spiro atoms. The van der Waals surface area contributed by atoms with Gasteiger partial charge in [-0.05, 0) is 18.2 Å². The maximum absolute atomic E-state index is 12.4. The quantitative estimate of drug-likeness (QED) is 0.782. The van der Waals surface area contributed by atoms with E-state index in [0.717, 1.165) is 12.3 Å². The molecule has 6 heteroatoms. The maximum Gasteiger partial charge on any atom is 0.433 e. The van der Waals surface area contributed by atoms with Crippen molar-refractivity contribution in [3.05, 3.63) is 52.8 Å². The molecule has 0 N–H and O–H groups in total. The van der Waals surface area contributed by atoms with Crippen LogP contribution in [-0.4, -0.2) is 4.98 Å². The molecular formula is C13H6ClF3N2. The summed E-state index contributed by atoms with van der Waals surface area (Å²) in [7, 11) is 0. The first-order valence-electron chi connectivity index (χ1n) is 5.15. The molecule has 1 aromatic carbocycles. The van der Waals surface area contributed by atoms with Crippen molar-refractivity contribution in [1.29, 1.82) is 5.26 Å². The Balaban J connectivity index is 2.47. The molecule has 2 nitrogen and oxygen atoms in total. The van der Waals surface area contributed by atoms with Gasteiger partial charge >= 0.3 is 6.18 Å². The lowest BCUT2D eigenvalue weighted by Crippen LogP contribution is -2.07. The van der Waals surface area contributed by atoms with Gasteiger partial charge in [0.05, 0.1) is 11.6 Å². The van der Waals surface area contributed by atoms with Gasteiger partial charge in [-0.25, -0.2) is 0 Å². The van der Waals surface area contributed by atoms with Crippen molar-refractivity contribution >= 4 is 11.6 Å². The lowest BCUT2D eigenvalue weighted by Gasteiger charge is -2.08. The summed E-state index contributed by atoms with van der Waals surface area (Å²) in [5.74, 6) is 0. The van der Waals surface area contributed by atoms with E-state index in [-0.39, 0.29) is 5.56 Å². The molecule has 0 atom stereocenters. The number of nitrogens with zero attached hydrogens (tertiary/aromatic N) is 2. The Bertz CT molecular complexity index is 642. The van der Waals surface area contributed by atoms with Crippen LogP contribution in [0.4, 0.5) is 13.2 Å². The Morgan fingerprint density at radius 3 is 2.42 bits per heavy atom. The third kappa shape index (κ3) is 2.85. The van der Waals surface area contributed by atoms with Crippen LogP contribution >= 0.6 is 11.6 Å². The van der Waals surface area contributed by atoms with Gasteiger partial charge in [0, 0.05) is 22.3 Å². The van der Waals surface area contributed by atoms with E-state index < -0.39 is 11.9 Å². The van der Waals surface area contributed by atoms with Gasteiger partial charge in [0.25, 0.3) is 0 Å². The normalized spacial score (nSPS) is 11.1. The Hall–Kier alpha value is -2.06. The number of alkyl halides is 3. The summed E-state index contributed by atoms with van der Waals surface area (Å²) in [5, 5.41) is 9.37. The van der Waals surface area contributed by atoms with Crippen molar-refractivity contribution < 1.29 is 13.2 Å². The van der Waals surface area contributed by atoms with Crippen molar-refractivity contribution in [2.24, 2.45) is 0 Å². The minimum absolute atomic E-state index is 0.286. The molecule has 0 amide bonds. The summed E-state index contributed by atoms with van der Waals surface area (Å²) in [5.41, 5.74) is 0.243. The molecule has 0 aliphatic rings. The molecule has 2 aromatic rings. The Morgan fingerprint density at radius 1 is 1.16 bits per heavy atom. The number of aromatic nitrogens is 1. The van der Waals surface area contributed by atoms with Crippen LogP contribution in [-0.2, 0) is 6.18 Å². The van der Waals surface area contributed by atoms with E-state index in [1.165, 1.54) is 12.1 Å². The minimum atomic E-state index is -4.48. The number of pyridine rings is 1. The molecule has 1 aromatic heterocycles. The number of hydrogen-bond acceptors (Lipinski definition) is 2. The first kappa shape index (κ1) is 13.4. The second kappa shape index (κ2) is 4.90. The van der Waals surface area contributed by atoms with E-state index in [1.54, 1.807) is 12.1 Å². The number of nitriles is 1. The van der Waals surface area contributed by atoms with Crippen LogP contribution in [0.3, 0.4) is 0 Å². The Kier molecular flexibility index (Phi) is 3.45. The third-order valence-electron chi connectivity index (χ3n) is 2.47. The van der Waals surface area contributed by atoms with Gasteiger partial charge in [-0.2, -0.15) is 18.4 Å². The highest BCUT2D eigenvalue weighted by Crippen LogP contribution is 2.30. The molecule has 19 heavy (non-hydrogen) atoms. The molecule has 0 aliphatic carbocycles. The van der Waals surface area contributed by atoms with Crippen LogP contribution in [0.1, 0.15) is 11.3 Å². The zero-order chi connectivity index (χ0) is 14.0.